The van der Waals surface area contributed by atoms with Gasteiger partial charge >= 0.3 is 0 Å². The van der Waals surface area contributed by atoms with Crippen LogP contribution in [0.2, 0.25) is 0 Å². The van der Waals surface area contributed by atoms with Crippen molar-refractivity contribution in [1.29, 1.82) is 0 Å². The van der Waals surface area contributed by atoms with E-state index in [0.29, 0.717) is 29.0 Å². The highest BCUT2D eigenvalue weighted by Gasteiger charge is 2.45. The zero-order valence-corrected chi connectivity index (χ0v) is 32.5. The molecule has 6 aliphatic rings. The summed E-state index contributed by atoms with van der Waals surface area (Å²) < 4.78 is 14.9. The number of likely N-dealkylation sites (N-methyl/N-ethyl adjacent to an activating group) is 1. The van der Waals surface area contributed by atoms with Crippen molar-refractivity contribution in [3.63, 3.8) is 0 Å². The number of carbonyl (C=O) groups is 4. The topological polar surface area (TPSA) is 99.8 Å². The molecule has 5 heterocycles. The van der Waals surface area contributed by atoms with Crippen LogP contribution in [0.5, 0.6) is 0 Å². The second-order valence-electron chi connectivity index (χ2n) is 16.9. The summed E-state index contributed by atoms with van der Waals surface area (Å²) in [6.45, 7) is 8.80. The molecular formula is C44H52FN7O4. The van der Waals surface area contributed by atoms with Gasteiger partial charge in [0.25, 0.3) is 11.8 Å². The number of nitrogens with one attached hydrogen (secondary N) is 1. The standard InChI is InChI=1S/C44H52FN7O4/c1-47(2)39-27-51(37-13-8-30-4-3-5-36(45)41(30)37)26-35(39)29-6-9-31(10-7-29)50-22-20-48(21-23-50)25-28-16-18-49(19-17-28)32-11-12-33-34(24-32)44(56)52(43(33)55)38-14-15-40(53)46-42(38)54/h3-7,9-12,24,28,35,37-39H,8,13-23,25-27H2,1-2H3,(H,46,53,54)/t35-,37?,38?,39+/m1/s1. The first kappa shape index (κ1) is 37.0. The molecule has 3 aromatic carbocycles. The van der Waals surface area contributed by atoms with Gasteiger partial charge < -0.3 is 14.7 Å². The SMILES string of the molecule is CN(C)[C@H]1CN(C2CCc3cccc(F)c32)C[C@@H]1c1ccc(N2CCN(CC3CCN(c4ccc5c(c4)C(=O)N(C4CCC(=O)NC4=O)C5=O)CC3)CC2)cc1. The number of halogens is 1. The van der Waals surface area contributed by atoms with Gasteiger partial charge in [0.2, 0.25) is 11.8 Å². The number of anilines is 2. The molecule has 12 heteroatoms. The summed E-state index contributed by atoms with van der Waals surface area (Å²) in [5, 5.41) is 2.26. The number of nitrogens with zero attached hydrogens (tertiary/aromatic N) is 6. The molecule has 4 saturated heterocycles. The lowest BCUT2D eigenvalue weighted by molar-refractivity contribution is -0.136. The van der Waals surface area contributed by atoms with Gasteiger partial charge in [-0.05, 0) is 99.6 Å². The fourth-order valence-corrected chi connectivity index (χ4v) is 10.4. The molecule has 0 saturated carbocycles. The molecule has 56 heavy (non-hydrogen) atoms. The summed E-state index contributed by atoms with van der Waals surface area (Å²) in [5.41, 5.74) is 6.30. The van der Waals surface area contributed by atoms with Crippen LogP contribution >= 0.6 is 0 Å². The first-order chi connectivity index (χ1) is 27.1. The maximum Gasteiger partial charge on any atom is 0.262 e. The van der Waals surface area contributed by atoms with Gasteiger partial charge in [0.05, 0.1) is 11.1 Å². The molecule has 4 atom stereocenters. The Hall–Kier alpha value is -4.65. The second-order valence-corrected chi connectivity index (χ2v) is 16.9. The Kier molecular flexibility index (Phi) is 9.91. The van der Waals surface area contributed by atoms with Crippen molar-refractivity contribution >= 4 is 35.0 Å². The number of piperidine rings is 2. The molecule has 2 unspecified atom stereocenters. The molecule has 1 N–H and O–H groups in total. The van der Waals surface area contributed by atoms with Crippen molar-refractivity contribution in [1.82, 2.24) is 24.9 Å². The summed E-state index contributed by atoms with van der Waals surface area (Å²) in [7, 11) is 4.34. The number of amides is 4. The van der Waals surface area contributed by atoms with Gasteiger partial charge in [-0.25, -0.2) is 4.39 Å². The van der Waals surface area contributed by atoms with E-state index in [2.05, 4.69) is 74.2 Å². The van der Waals surface area contributed by atoms with Crippen molar-refractivity contribution in [3.05, 3.63) is 94.3 Å². The third-order valence-electron chi connectivity index (χ3n) is 13.6. The van der Waals surface area contributed by atoms with E-state index >= 15 is 0 Å². The molecule has 3 aromatic rings. The zero-order valence-electron chi connectivity index (χ0n) is 32.5. The number of imide groups is 2. The Morgan fingerprint density at radius 2 is 1.43 bits per heavy atom. The van der Waals surface area contributed by atoms with Crippen LogP contribution in [0.1, 0.15) is 81.5 Å². The number of likely N-dealkylation sites (tertiary alicyclic amines) is 1. The normalized spacial score (nSPS) is 26.4. The lowest BCUT2D eigenvalue weighted by Crippen LogP contribution is -2.54. The predicted octanol–water partition coefficient (Wildman–Crippen LogP) is 4.28. The van der Waals surface area contributed by atoms with Gasteiger partial charge in [0.1, 0.15) is 11.9 Å². The maximum absolute atomic E-state index is 14.9. The monoisotopic (exact) mass is 761 g/mol. The Bertz CT molecular complexity index is 2020. The van der Waals surface area contributed by atoms with Gasteiger partial charge in [-0.15, -0.1) is 0 Å². The van der Waals surface area contributed by atoms with Crippen LogP contribution in [0.4, 0.5) is 15.8 Å². The summed E-state index contributed by atoms with van der Waals surface area (Å²) in [6, 6.07) is 19.8. The minimum absolute atomic E-state index is 0.0561. The number of rotatable bonds is 8. The fraction of sp³-hybridized carbons (Fsp3) is 0.500. The number of hydrogen-bond acceptors (Lipinski definition) is 9. The van der Waals surface area contributed by atoms with Crippen molar-refractivity contribution in [2.45, 2.75) is 62.6 Å². The van der Waals surface area contributed by atoms with Crippen LogP contribution in [-0.4, -0.2) is 128 Å². The van der Waals surface area contributed by atoms with Crippen LogP contribution < -0.4 is 15.1 Å². The van der Waals surface area contributed by atoms with Crippen molar-refractivity contribution in [2.75, 3.05) is 82.8 Å². The van der Waals surface area contributed by atoms with Crippen LogP contribution in [0.25, 0.3) is 0 Å². The van der Waals surface area contributed by atoms with E-state index in [4.69, 9.17) is 0 Å². The van der Waals surface area contributed by atoms with Gasteiger partial charge in [-0.3, -0.25) is 39.2 Å². The average Bonchev–Trinajstić information content (AvgIpc) is 3.91. The summed E-state index contributed by atoms with van der Waals surface area (Å²) >= 11 is 0. The number of aryl methyl sites for hydroxylation is 1. The summed E-state index contributed by atoms with van der Waals surface area (Å²) in [4.78, 5) is 63.9. The highest BCUT2D eigenvalue weighted by atomic mass is 19.1. The third kappa shape index (κ3) is 6.79. The molecule has 11 nitrogen and oxygen atoms in total. The molecule has 0 bridgehead atoms. The van der Waals surface area contributed by atoms with Crippen molar-refractivity contribution in [2.24, 2.45) is 5.92 Å². The van der Waals surface area contributed by atoms with E-state index in [1.807, 2.05) is 12.1 Å². The van der Waals surface area contributed by atoms with E-state index in [0.717, 1.165) is 101 Å². The van der Waals surface area contributed by atoms with Gasteiger partial charge in [0.15, 0.2) is 0 Å². The highest BCUT2D eigenvalue weighted by Crippen LogP contribution is 2.43. The number of carbonyl (C=O) groups excluding carboxylic acids is 4. The van der Waals surface area contributed by atoms with E-state index in [-0.39, 0.29) is 30.6 Å². The molecule has 4 amide bonds. The summed E-state index contributed by atoms with van der Waals surface area (Å²) in [6.07, 6.45) is 4.32. The lowest BCUT2D eigenvalue weighted by atomic mass is 9.93. The molecule has 294 valence electrons. The van der Waals surface area contributed by atoms with E-state index in [1.54, 1.807) is 18.2 Å². The average molecular weight is 762 g/mol. The molecule has 9 rings (SSSR count). The number of fused-ring (bicyclic) bond motifs is 2. The Morgan fingerprint density at radius 3 is 2.16 bits per heavy atom. The predicted molar refractivity (Wildman–Crippen MR) is 212 cm³/mol. The Labute approximate surface area is 328 Å². The zero-order chi connectivity index (χ0) is 38.7. The van der Waals surface area contributed by atoms with E-state index in [1.165, 1.54) is 16.8 Å². The van der Waals surface area contributed by atoms with Crippen LogP contribution in [0.15, 0.2) is 60.7 Å². The number of hydrogen-bond donors (Lipinski definition) is 1. The fourth-order valence-electron chi connectivity index (χ4n) is 10.4. The molecule has 0 radical (unpaired) electrons. The molecule has 5 aliphatic heterocycles. The number of benzene rings is 3. The summed E-state index contributed by atoms with van der Waals surface area (Å²) in [5.74, 6) is -0.985. The van der Waals surface area contributed by atoms with Crippen LogP contribution in [0.3, 0.4) is 0 Å². The smallest absolute Gasteiger partial charge is 0.262 e. The molecule has 0 spiro atoms. The minimum Gasteiger partial charge on any atom is -0.371 e. The molecule has 0 aromatic heterocycles. The molecule has 4 fully saturated rings. The van der Waals surface area contributed by atoms with E-state index < -0.39 is 23.8 Å². The van der Waals surface area contributed by atoms with Gasteiger partial charge in [0, 0.05) is 100 Å². The molecule has 1 aliphatic carbocycles. The van der Waals surface area contributed by atoms with Gasteiger partial charge in [-0.1, -0.05) is 24.3 Å². The van der Waals surface area contributed by atoms with Gasteiger partial charge in [-0.2, -0.15) is 0 Å². The Balaban J connectivity index is 0.758. The van der Waals surface area contributed by atoms with E-state index in [9.17, 15) is 23.6 Å². The van der Waals surface area contributed by atoms with Crippen LogP contribution in [0, 0.1) is 11.7 Å². The quantitative estimate of drug-likeness (QED) is 0.338. The highest BCUT2D eigenvalue weighted by molar-refractivity contribution is 6.23. The number of piperazine rings is 1. The van der Waals surface area contributed by atoms with Crippen LogP contribution in [-0.2, 0) is 16.0 Å². The Morgan fingerprint density at radius 1 is 0.732 bits per heavy atom. The third-order valence-corrected chi connectivity index (χ3v) is 13.6. The minimum atomic E-state index is -0.956. The second kappa shape index (κ2) is 15.0. The van der Waals surface area contributed by atoms with Crippen molar-refractivity contribution in [3.8, 4) is 0 Å². The first-order valence-corrected chi connectivity index (χ1v) is 20.5. The van der Waals surface area contributed by atoms with Crippen molar-refractivity contribution < 1.29 is 23.6 Å². The maximum atomic E-state index is 14.9. The first-order valence-electron chi connectivity index (χ1n) is 20.5. The molecular weight excluding hydrogens is 710 g/mol. The lowest BCUT2D eigenvalue weighted by Gasteiger charge is -2.40. The largest absolute Gasteiger partial charge is 0.371 e.